The number of hydrogen-bond donors (Lipinski definition) is 0. The average Bonchev–Trinajstić information content (AvgIpc) is 1.86. The van der Waals surface area contributed by atoms with Gasteiger partial charge in [-0.15, -0.1) is 0 Å². The predicted molar refractivity (Wildman–Crippen MR) is 44.3 cm³/mol. The molecule has 0 aliphatic rings. The largest absolute Gasteiger partial charge is 0.231 e. The van der Waals surface area contributed by atoms with Crippen molar-refractivity contribution in [1.82, 2.24) is 9.97 Å². The molecule has 1 heterocycles. The zero-order chi connectivity index (χ0) is 8.48. The van der Waals surface area contributed by atoms with Gasteiger partial charge in [0.15, 0.2) is 6.33 Å². The Labute approximate surface area is 67.7 Å². The lowest BCUT2D eigenvalue weighted by atomic mass is 9.92. The summed E-state index contributed by atoms with van der Waals surface area (Å²) in [7, 11) is 0. The van der Waals surface area contributed by atoms with Gasteiger partial charge in [-0.05, 0) is 13.0 Å². The summed E-state index contributed by atoms with van der Waals surface area (Å²) in [6, 6.07) is 2.00. The van der Waals surface area contributed by atoms with E-state index >= 15 is 0 Å². The van der Waals surface area contributed by atoms with Crippen LogP contribution >= 0.6 is 0 Å². The molecule has 0 aliphatic heterocycles. The fourth-order valence-electron chi connectivity index (χ4n) is 0.804. The molecule has 59 valence electrons. The maximum absolute atomic E-state index is 4.07. The molecule has 1 aromatic heterocycles. The van der Waals surface area contributed by atoms with Gasteiger partial charge in [0, 0.05) is 11.1 Å². The Balaban J connectivity index is 3.06. The molecule has 1 radical (unpaired) electrons. The van der Waals surface area contributed by atoms with Crippen LogP contribution in [0.25, 0.3) is 0 Å². The quantitative estimate of drug-likeness (QED) is 0.563. The molecule has 1 aromatic rings. The molecule has 0 aliphatic carbocycles. The van der Waals surface area contributed by atoms with E-state index in [1.165, 1.54) is 0 Å². The highest BCUT2D eigenvalue weighted by Crippen LogP contribution is 2.18. The first-order valence-corrected chi connectivity index (χ1v) is 3.72. The zero-order valence-electron chi connectivity index (χ0n) is 7.47. The Morgan fingerprint density at radius 1 is 1.27 bits per heavy atom. The molecule has 0 atom stereocenters. The molecule has 1 rings (SSSR count). The summed E-state index contributed by atoms with van der Waals surface area (Å²) < 4.78 is 0. The van der Waals surface area contributed by atoms with Crippen LogP contribution in [0.4, 0.5) is 0 Å². The van der Waals surface area contributed by atoms with Crippen LogP contribution in [0, 0.1) is 13.3 Å². The van der Waals surface area contributed by atoms with E-state index in [4.69, 9.17) is 0 Å². The lowest BCUT2D eigenvalue weighted by Crippen LogP contribution is -2.13. The smallest absolute Gasteiger partial charge is 0.198 e. The molecule has 0 N–H and O–H groups in total. The zero-order valence-corrected chi connectivity index (χ0v) is 7.47. The summed E-state index contributed by atoms with van der Waals surface area (Å²) in [5, 5.41) is 0. The molecular weight excluding hydrogens is 136 g/mol. The van der Waals surface area contributed by atoms with E-state index < -0.39 is 0 Å². The third-order valence-electron chi connectivity index (χ3n) is 1.51. The first-order valence-electron chi connectivity index (χ1n) is 3.72. The summed E-state index contributed by atoms with van der Waals surface area (Å²) >= 11 is 0. The van der Waals surface area contributed by atoms with Gasteiger partial charge in [-0.3, -0.25) is 0 Å². The molecule has 0 saturated heterocycles. The number of rotatable bonds is 0. The third-order valence-corrected chi connectivity index (χ3v) is 1.51. The van der Waals surface area contributed by atoms with Gasteiger partial charge in [0.1, 0.15) is 0 Å². The lowest BCUT2D eigenvalue weighted by Gasteiger charge is -2.16. The monoisotopic (exact) mass is 149 g/mol. The molecule has 0 spiro atoms. The summed E-state index contributed by atoms with van der Waals surface area (Å²) in [5.41, 5.74) is 2.12. The molecule has 0 unspecified atom stereocenters. The first kappa shape index (κ1) is 8.18. The maximum Gasteiger partial charge on any atom is 0.198 e. The standard InChI is InChI=1S/C9H13N2/c1-7-5-8(9(2,3)4)11-6-10-7/h5H,1-4H3. The van der Waals surface area contributed by atoms with Gasteiger partial charge in [-0.2, -0.15) is 0 Å². The van der Waals surface area contributed by atoms with E-state index in [0.29, 0.717) is 0 Å². The average molecular weight is 149 g/mol. The van der Waals surface area contributed by atoms with Crippen LogP contribution in [0.5, 0.6) is 0 Å². The highest BCUT2D eigenvalue weighted by molar-refractivity contribution is 5.14. The minimum Gasteiger partial charge on any atom is -0.231 e. The number of aryl methyl sites for hydroxylation is 1. The molecule has 0 bridgehead atoms. The molecular formula is C9H13N2. The molecule has 0 aromatic carbocycles. The molecule has 2 nitrogen and oxygen atoms in total. The Kier molecular flexibility index (Phi) is 1.94. The number of nitrogens with zero attached hydrogens (tertiary/aromatic N) is 2. The van der Waals surface area contributed by atoms with Crippen molar-refractivity contribution in [3.8, 4) is 0 Å². The molecule has 0 fully saturated rings. The van der Waals surface area contributed by atoms with Gasteiger partial charge >= 0.3 is 0 Å². The lowest BCUT2D eigenvalue weighted by molar-refractivity contribution is 0.565. The summed E-state index contributed by atoms with van der Waals surface area (Å²) in [5.74, 6) is 0. The van der Waals surface area contributed by atoms with Crippen molar-refractivity contribution in [2.75, 3.05) is 0 Å². The Hall–Kier alpha value is -0.920. The van der Waals surface area contributed by atoms with Crippen LogP contribution < -0.4 is 0 Å². The van der Waals surface area contributed by atoms with Crippen molar-refractivity contribution in [2.24, 2.45) is 0 Å². The van der Waals surface area contributed by atoms with Crippen molar-refractivity contribution >= 4 is 0 Å². The van der Waals surface area contributed by atoms with Crippen molar-refractivity contribution in [3.05, 3.63) is 23.8 Å². The van der Waals surface area contributed by atoms with Crippen LogP contribution in [-0.2, 0) is 5.41 Å². The fourth-order valence-corrected chi connectivity index (χ4v) is 0.804. The number of aromatic nitrogens is 2. The number of hydrogen-bond acceptors (Lipinski definition) is 2. The van der Waals surface area contributed by atoms with Crippen LogP contribution in [0.1, 0.15) is 32.2 Å². The second-order valence-corrected chi connectivity index (χ2v) is 3.74. The van der Waals surface area contributed by atoms with E-state index in [1.807, 2.05) is 13.0 Å². The van der Waals surface area contributed by atoms with Crippen molar-refractivity contribution < 1.29 is 0 Å². The van der Waals surface area contributed by atoms with E-state index in [9.17, 15) is 0 Å². The topological polar surface area (TPSA) is 25.8 Å². The molecule has 0 saturated carbocycles. The first-order chi connectivity index (χ1) is 5.00. The van der Waals surface area contributed by atoms with E-state index in [-0.39, 0.29) is 5.41 Å². The minimum atomic E-state index is 0.101. The van der Waals surface area contributed by atoms with Gasteiger partial charge in [0.2, 0.25) is 0 Å². The molecule has 2 heteroatoms. The summed E-state index contributed by atoms with van der Waals surface area (Å²) in [4.78, 5) is 7.99. The van der Waals surface area contributed by atoms with Gasteiger partial charge in [-0.25, -0.2) is 9.97 Å². The predicted octanol–water partition coefficient (Wildman–Crippen LogP) is 1.88. The van der Waals surface area contributed by atoms with Crippen LogP contribution in [0.3, 0.4) is 0 Å². The fraction of sp³-hybridized carbons (Fsp3) is 0.556. The van der Waals surface area contributed by atoms with Crippen LogP contribution in [0.2, 0.25) is 0 Å². The maximum atomic E-state index is 4.07. The Morgan fingerprint density at radius 3 is 2.27 bits per heavy atom. The SMILES string of the molecule is Cc1cc(C(C)(C)C)n[c]n1. The minimum absolute atomic E-state index is 0.101. The van der Waals surface area contributed by atoms with Gasteiger partial charge in [-0.1, -0.05) is 20.8 Å². The highest BCUT2D eigenvalue weighted by atomic mass is 14.8. The second-order valence-electron chi connectivity index (χ2n) is 3.74. The molecule has 11 heavy (non-hydrogen) atoms. The normalized spacial score (nSPS) is 11.6. The van der Waals surface area contributed by atoms with Crippen LogP contribution in [0.15, 0.2) is 6.07 Å². The second kappa shape index (κ2) is 2.61. The van der Waals surface area contributed by atoms with Gasteiger partial charge in [0.05, 0.1) is 5.69 Å². The van der Waals surface area contributed by atoms with Crippen molar-refractivity contribution in [1.29, 1.82) is 0 Å². The molecule has 0 amide bonds. The van der Waals surface area contributed by atoms with Crippen molar-refractivity contribution in [3.63, 3.8) is 0 Å². The van der Waals surface area contributed by atoms with Crippen LogP contribution in [-0.4, -0.2) is 9.97 Å². The Bertz CT molecular complexity index is 248. The Morgan fingerprint density at radius 2 is 1.91 bits per heavy atom. The van der Waals surface area contributed by atoms with Crippen molar-refractivity contribution in [2.45, 2.75) is 33.1 Å². The highest BCUT2D eigenvalue weighted by Gasteiger charge is 2.14. The summed E-state index contributed by atoms with van der Waals surface area (Å²) in [6.07, 6.45) is 2.64. The van der Waals surface area contributed by atoms with Gasteiger partial charge in [0.25, 0.3) is 0 Å². The van der Waals surface area contributed by atoms with E-state index in [1.54, 1.807) is 0 Å². The summed E-state index contributed by atoms with van der Waals surface area (Å²) in [6.45, 7) is 8.33. The van der Waals surface area contributed by atoms with Gasteiger partial charge < -0.3 is 0 Å². The van der Waals surface area contributed by atoms with E-state index in [0.717, 1.165) is 11.4 Å². The van der Waals surface area contributed by atoms with E-state index in [2.05, 4.69) is 37.1 Å². The third kappa shape index (κ3) is 2.00.